The van der Waals surface area contributed by atoms with Crippen molar-refractivity contribution < 1.29 is 9.90 Å². The maximum absolute atomic E-state index is 11.7. The molecule has 0 spiro atoms. The number of hydrogen-bond donors (Lipinski definition) is 3. The van der Waals surface area contributed by atoms with Crippen LogP contribution in [0.4, 0.5) is 10.5 Å². The lowest BCUT2D eigenvalue weighted by Crippen LogP contribution is -2.35. The van der Waals surface area contributed by atoms with Crippen molar-refractivity contribution in [3.8, 4) is 0 Å². The Hall–Kier alpha value is -1.55. The summed E-state index contributed by atoms with van der Waals surface area (Å²) < 4.78 is 0. The minimum atomic E-state index is -0.471. The van der Waals surface area contributed by atoms with Gasteiger partial charge in [0, 0.05) is 12.2 Å². The Morgan fingerprint density at radius 1 is 1.26 bits per heavy atom. The van der Waals surface area contributed by atoms with Crippen LogP contribution in [0, 0.1) is 0 Å². The number of carbonyl (C=O) groups is 1. The summed E-state index contributed by atoms with van der Waals surface area (Å²) in [6, 6.07) is 7.52. The van der Waals surface area contributed by atoms with Crippen molar-refractivity contribution in [2.24, 2.45) is 0 Å². The first-order valence-electron chi connectivity index (χ1n) is 6.98. The van der Waals surface area contributed by atoms with E-state index in [4.69, 9.17) is 0 Å². The molecular weight excluding hydrogens is 240 g/mol. The first-order valence-corrected chi connectivity index (χ1v) is 6.98. The number of urea groups is 1. The van der Waals surface area contributed by atoms with Crippen LogP contribution >= 0.6 is 0 Å². The molecule has 1 unspecified atom stereocenters. The molecule has 106 valence electrons. The normalized spacial score (nSPS) is 11.9. The quantitative estimate of drug-likeness (QED) is 0.709. The second-order valence-electron chi connectivity index (χ2n) is 4.68. The van der Waals surface area contributed by atoms with Gasteiger partial charge in [-0.3, -0.25) is 0 Å². The number of anilines is 1. The first kappa shape index (κ1) is 15.5. The summed E-state index contributed by atoms with van der Waals surface area (Å²) in [7, 11) is 0. The van der Waals surface area contributed by atoms with E-state index < -0.39 is 6.10 Å². The monoisotopic (exact) mass is 264 g/mol. The van der Waals surface area contributed by atoms with Gasteiger partial charge < -0.3 is 15.7 Å². The highest BCUT2D eigenvalue weighted by atomic mass is 16.3. The molecule has 0 saturated carbocycles. The van der Waals surface area contributed by atoms with E-state index >= 15 is 0 Å². The zero-order valence-electron chi connectivity index (χ0n) is 11.8. The molecule has 1 aromatic carbocycles. The fourth-order valence-corrected chi connectivity index (χ4v) is 1.94. The first-order chi connectivity index (χ1) is 9.17. The number of benzene rings is 1. The van der Waals surface area contributed by atoms with Gasteiger partial charge in [0.1, 0.15) is 0 Å². The average Bonchev–Trinajstić information content (AvgIpc) is 2.39. The Balaban J connectivity index is 2.48. The van der Waals surface area contributed by atoms with E-state index in [1.165, 1.54) is 0 Å². The van der Waals surface area contributed by atoms with E-state index in [0.29, 0.717) is 6.42 Å². The molecular formula is C15H24N2O2. The number of aliphatic hydroxyl groups excluding tert-OH is 1. The van der Waals surface area contributed by atoms with Gasteiger partial charge in [0.25, 0.3) is 0 Å². The summed E-state index contributed by atoms with van der Waals surface area (Å²) in [4.78, 5) is 11.7. The van der Waals surface area contributed by atoms with Gasteiger partial charge in [0.2, 0.25) is 0 Å². The molecule has 0 aliphatic carbocycles. The maximum atomic E-state index is 11.7. The van der Waals surface area contributed by atoms with Crippen molar-refractivity contribution in [1.82, 2.24) is 5.32 Å². The van der Waals surface area contributed by atoms with E-state index in [9.17, 15) is 9.90 Å². The maximum Gasteiger partial charge on any atom is 0.319 e. The van der Waals surface area contributed by atoms with Crippen LogP contribution in [0.25, 0.3) is 0 Å². The standard InChI is InChI=1S/C15H24N2O2/c1-3-7-12-9-5-6-10-14(12)17-15(19)16-11-13(18)8-4-2/h5-6,9-10,13,18H,3-4,7-8,11H2,1-2H3,(H2,16,17,19). The fraction of sp³-hybridized carbons (Fsp3) is 0.533. The summed E-state index contributed by atoms with van der Waals surface area (Å²) in [5, 5.41) is 15.1. The predicted octanol–water partition coefficient (Wildman–Crippen LogP) is 2.92. The van der Waals surface area contributed by atoms with Crippen LogP contribution in [0.5, 0.6) is 0 Å². The molecule has 4 heteroatoms. The number of para-hydroxylation sites is 1. The lowest BCUT2D eigenvalue weighted by atomic mass is 10.1. The third-order valence-electron chi connectivity index (χ3n) is 2.91. The third kappa shape index (κ3) is 5.75. The van der Waals surface area contributed by atoms with E-state index in [1.807, 2.05) is 31.2 Å². The zero-order valence-corrected chi connectivity index (χ0v) is 11.8. The van der Waals surface area contributed by atoms with Crippen LogP contribution in [-0.2, 0) is 6.42 Å². The number of aliphatic hydroxyl groups is 1. The van der Waals surface area contributed by atoms with Gasteiger partial charge >= 0.3 is 6.03 Å². The molecule has 19 heavy (non-hydrogen) atoms. The molecule has 0 fully saturated rings. The van der Waals surface area contributed by atoms with E-state index in [1.54, 1.807) is 0 Å². The van der Waals surface area contributed by atoms with Crippen LogP contribution in [0.1, 0.15) is 38.7 Å². The van der Waals surface area contributed by atoms with E-state index in [0.717, 1.165) is 30.5 Å². The van der Waals surface area contributed by atoms with Gasteiger partial charge in [-0.1, -0.05) is 44.9 Å². The van der Waals surface area contributed by atoms with Gasteiger partial charge in [-0.05, 0) is 24.5 Å². The lowest BCUT2D eigenvalue weighted by Gasteiger charge is -2.13. The van der Waals surface area contributed by atoms with Crippen molar-refractivity contribution in [3.63, 3.8) is 0 Å². The van der Waals surface area contributed by atoms with Gasteiger partial charge in [0.15, 0.2) is 0 Å². The summed E-state index contributed by atoms with van der Waals surface area (Å²) in [5.74, 6) is 0. The molecule has 1 aromatic rings. The lowest BCUT2D eigenvalue weighted by molar-refractivity contribution is 0.162. The molecule has 0 radical (unpaired) electrons. The van der Waals surface area contributed by atoms with Crippen molar-refractivity contribution in [1.29, 1.82) is 0 Å². The van der Waals surface area contributed by atoms with Crippen LogP contribution in [-0.4, -0.2) is 23.8 Å². The Kier molecular flexibility index (Phi) is 6.97. The minimum Gasteiger partial charge on any atom is -0.391 e. The fourth-order valence-electron chi connectivity index (χ4n) is 1.94. The molecule has 3 N–H and O–H groups in total. The molecule has 1 atom stereocenters. The number of aryl methyl sites for hydroxylation is 1. The van der Waals surface area contributed by atoms with Crippen molar-refractivity contribution in [2.75, 3.05) is 11.9 Å². The predicted molar refractivity (Wildman–Crippen MR) is 78.4 cm³/mol. The van der Waals surface area contributed by atoms with E-state index in [2.05, 4.69) is 17.6 Å². The molecule has 0 aliphatic heterocycles. The number of hydrogen-bond acceptors (Lipinski definition) is 2. The van der Waals surface area contributed by atoms with Gasteiger partial charge in [-0.15, -0.1) is 0 Å². The minimum absolute atomic E-state index is 0.265. The third-order valence-corrected chi connectivity index (χ3v) is 2.91. The highest BCUT2D eigenvalue weighted by molar-refractivity contribution is 5.90. The zero-order chi connectivity index (χ0) is 14.1. The summed E-state index contributed by atoms with van der Waals surface area (Å²) in [6.45, 7) is 4.40. The topological polar surface area (TPSA) is 61.4 Å². The van der Waals surface area contributed by atoms with Crippen molar-refractivity contribution in [3.05, 3.63) is 29.8 Å². The van der Waals surface area contributed by atoms with E-state index in [-0.39, 0.29) is 12.6 Å². The Labute approximate surface area is 115 Å². The summed E-state index contributed by atoms with van der Waals surface area (Å²) in [5.41, 5.74) is 1.97. The summed E-state index contributed by atoms with van der Waals surface area (Å²) >= 11 is 0. The average molecular weight is 264 g/mol. The molecule has 2 amide bonds. The summed E-state index contributed by atoms with van der Waals surface area (Å²) in [6.07, 6.45) is 3.11. The second-order valence-corrected chi connectivity index (χ2v) is 4.68. The molecule has 0 bridgehead atoms. The molecule has 4 nitrogen and oxygen atoms in total. The van der Waals surface area contributed by atoms with Crippen molar-refractivity contribution in [2.45, 2.75) is 45.6 Å². The molecule has 0 aliphatic rings. The van der Waals surface area contributed by atoms with Crippen LogP contribution in [0.2, 0.25) is 0 Å². The van der Waals surface area contributed by atoms with Crippen LogP contribution in [0.15, 0.2) is 24.3 Å². The van der Waals surface area contributed by atoms with Gasteiger partial charge in [-0.2, -0.15) is 0 Å². The SMILES string of the molecule is CCCc1ccccc1NC(=O)NCC(O)CCC. The Morgan fingerprint density at radius 3 is 2.68 bits per heavy atom. The Bertz CT molecular complexity index is 393. The number of carbonyl (C=O) groups excluding carboxylic acids is 1. The molecule has 0 heterocycles. The highest BCUT2D eigenvalue weighted by Gasteiger charge is 2.08. The highest BCUT2D eigenvalue weighted by Crippen LogP contribution is 2.16. The van der Waals surface area contributed by atoms with Gasteiger partial charge in [0.05, 0.1) is 6.10 Å². The second kappa shape index (κ2) is 8.53. The van der Waals surface area contributed by atoms with Gasteiger partial charge in [-0.25, -0.2) is 4.79 Å². The molecule has 1 rings (SSSR count). The number of nitrogens with one attached hydrogen (secondary N) is 2. The molecule has 0 saturated heterocycles. The largest absolute Gasteiger partial charge is 0.391 e. The van der Waals surface area contributed by atoms with Crippen molar-refractivity contribution >= 4 is 11.7 Å². The molecule has 0 aromatic heterocycles. The number of rotatable bonds is 7. The van der Waals surface area contributed by atoms with Crippen LogP contribution in [0.3, 0.4) is 0 Å². The number of amides is 2. The Morgan fingerprint density at radius 2 is 2.00 bits per heavy atom. The van der Waals surface area contributed by atoms with Crippen LogP contribution < -0.4 is 10.6 Å². The smallest absolute Gasteiger partial charge is 0.319 e.